The standard InChI is InChI=1S/C15H23NO2/c1-12-8-6-7-9-13(12)14(17)18-11-10-16(5)15(2,3)4/h6-9H,10-11H2,1-5H3/p+1. The third-order valence-electron chi connectivity index (χ3n) is 3.36. The number of hydrogen-bond donors (Lipinski definition) is 1. The quantitative estimate of drug-likeness (QED) is 0.820. The van der Waals surface area contributed by atoms with Gasteiger partial charge in [-0.1, -0.05) is 18.2 Å². The molecule has 0 aliphatic rings. The number of hydrogen-bond acceptors (Lipinski definition) is 2. The number of rotatable bonds is 4. The van der Waals surface area contributed by atoms with E-state index in [9.17, 15) is 4.79 Å². The van der Waals surface area contributed by atoms with Gasteiger partial charge >= 0.3 is 5.97 Å². The molecule has 1 aromatic rings. The molecule has 0 heterocycles. The van der Waals surface area contributed by atoms with Gasteiger partial charge in [-0.3, -0.25) is 0 Å². The predicted octanol–water partition coefficient (Wildman–Crippen LogP) is 1.47. The molecule has 3 nitrogen and oxygen atoms in total. The molecular formula is C15H24NO2+. The minimum absolute atomic E-state index is 0.176. The normalized spacial score (nSPS) is 13.2. The van der Waals surface area contributed by atoms with Crippen molar-refractivity contribution < 1.29 is 14.4 Å². The van der Waals surface area contributed by atoms with Gasteiger partial charge in [0.05, 0.1) is 18.2 Å². The van der Waals surface area contributed by atoms with Gasteiger partial charge in [0.2, 0.25) is 0 Å². The van der Waals surface area contributed by atoms with E-state index in [1.165, 1.54) is 4.90 Å². The fourth-order valence-electron chi connectivity index (χ4n) is 1.55. The summed E-state index contributed by atoms with van der Waals surface area (Å²) < 4.78 is 5.31. The van der Waals surface area contributed by atoms with Gasteiger partial charge in [-0.2, -0.15) is 0 Å². The number of esters is 1. The molecule has 1 unspecified atom stereocenters. The predicted molar refractivity (Wildman–Crippen MR) is 73.0 cm³/mol. The third kappa shape index (κ3) is 4.15. The zero-order valence-electron chi connectivity index (χ0n) is 12.0. The second-order valence-corrected chi connectivity index (χ2v) is 5.73. The van der Waals surface area contributed by atoms with Crippen LogP contribution in [0.1, 0.15) is 36.7 Å². The van der Waals surface area contributed by atoms with Crippen molar-refractivity contribution in [3.05, 3.63) is 35.4 Å². The monoisotopic (exact) mass is 250 g/mol. The van der Waals surface area contributed by atoms with Gasteiger partial charge in [0.1, 0.15) is 13.2 Å². The molecule has 1 aromatic carbocycles. The fourth-order valence-corrected chi connectivity index (χ4v) is 1.55. The summed E-state index contributed by atoms with van der Waals surface area (Å²) in [6.45, 7) is 9.71. The minimum Gasteiger partial charge on any atom is -0.456 e. The van der Waals surface area contributed by atoms with Crippen LogP contribution < -0.4 is 4.90 Å². The van der Waals surface area contributed by atoms with Crippen LogP contribution in [-0.4, -0.2) is 31.7 Å². The number of carbonyl (C=O) groups excluding carboxylic acids is 1. The zero-order chi connectivity index (χ0) is 13.8. The summed E-state index contributed by atoms with van der Waals surface area (Å²) >= 11 is 0. The van der Waals surface area contributed by atoms with Crippen LogP contribution >= 0.6 is 0 Å². The van der Waals surface area contributed by atoms with Crippen LogP contribution in [0.2, 0.25) is 0 Å². The van der Waals surface area contributed by atoms with E-state index in [0.29, 0.717) is 12.2 Å². The molecule has 0 aliphatic carbocycles. The first-order chi connectivity index (χ1) is 8.32. The number of likely N-dealkylation sites (N-methyl/N-ethyl adjacent to an activating group) is 1. The number of nitrogens with one attached hydrogen (secondary N) is 1. The van der Waals surface area contributed by atoms with Gasteiger partial charge in [-0.15, -0.1) is 0 Å². The van der Waals surface area contributed by atoms with E-state index >= 15 is 0 Å². The van der Waals surface area contributed by atoms with Crippen molar-refractivity contribution >= 4 is 5.97 Å². The summed E-state index contributed by atoms with van der Waals surface area (Å²) in [5, 5.41) is 0. The molecule has 1 atom stereocenters. The molecule has 0 saturated carbocycles. The number of carbonyl (C=O) groups is 1. The Kier molecular flexibility index (Phi) is 4.91. The molecule has 0 spiro atoms. The Bertz CT molecular complexity index is 407. The van der Waals surface area contributed by atoms with Crippen molar-refractivity contribution in [3.8, 4) is 0 Å². The van der Waals surface area contributed by atoms with Crippen LogP contribution in [0.4, 0.5) is 0 Å². The minimum atomic E-state index is -0.227. The Morgan fingerprint density at radius 3 is 2.44 bits per heavy atom. The molecule has 0 bridgehead atoms. The number of benzene rings is 1. The van der Waals surface area contributed by atoms with Crippen LogP contribution in [0.5, 0.6) is 0 Å². The molecule has 18 heavy (non-hydrogen) atoms. The van der Waals surface area contributed by atoms with Crippen molar-refractivity contribution in [2.75, 3.05) is 20.2 Å². The van der Waals surface area contributed by atoms with Crippen LogP contribution in [0.3, 0.4) is 0 Å². The highest BCUT2D eigenvalue weighted by atomic mass is 16.5. The first-order valence-corrected chi connectivity index (χ1v) is 6.38. The molecule has 0 amide bonds. The number of ether oxygens (including phenoxy) is 1. The molecular weight excluding hydrogens is 226 g/mol. The maximum absolute atomic E-state index is 11.9. The summed E-state index contributed by atoms with van der Waals surface area (Å²) in [4.78, 5) is 13.2. The van der Waals surface area contributed by atoms with Gasteiger partial charge in [0.15, 0.2) is 0 Å². The highest BCUT2D eigenvalue weighted by Gasteiger charge is 2.21. The molecule has 1 N–H and O–H groups in total. The van der Waals surface area contributed by atoms with Crippen molar-refractivity contribution in [2.24, 2.45) is 0 Å². The van der Waals surface area contributed by atoms with Crippen LogP contribution in [0, 0.1) is 6.92 Å². The van der Waals surface area contributed by atoms with Crippen molar-refractivity contribution in [1.82, 2.24) is 0 Å². The highest BCUT2D eigenvalue weighted by Crippen LogP contribution is 2.08. The van der Waals surface area contributed by atoms with E-state index < -0.39 is 0 Å². The zero-order valence-corrected chi connectivity index (χ0v) is 12.0. The van der Waals surface area contributed by atoms with Gasteiger partial charge < -0.3 is 9.64 Å². The maximum Gasteiger partial charge on any atom is 0.338 e. The lowest BCUT2D eigenvalue weighted by molar-refractivity contribution is -0.927. The first-order valence-electron chi connectivity index (χ1n) is 6.38. The average Bonchev–Trinajstić information content (AvgIpc) is 2.28. The summed E-state index contributed by atoms with van der Waals surface area (Å²) in [5.74, 6) is -0.227. The summed E-state index contributed by atoms with van der Waals surface area (Å²) in [6, 6.07) is 7.50. The molecule has 0 aliphatic heterocycles. The molecule has 3 heteroatoms. The van der Waals surface area contributed by atoms with Gasteiger partial charge in [-0.25, -0.2) is 4.79 Å². The van der Waals surface area contributed by atoms with E-state index in [2.05, 4.69) is 27.8 Å². The fraction of sp³-hybridized carbons (Fsp3) is 0.533. The maximum atomic E-state index is 11.9. The van der Waals surface area contributed by atoms with Crippen LogP contribution in [-0.2, 0) is 4.74 Å². The third-order valence-corrected chi connectivity index (χ3v) is 3.36. The van der Waals surface area contributed by atoms with E-state index in [1.54, 1.807) is 6.07 Å². The molecule has 0 aromatic heterocycles. The largest absolute Gasteiger partial charge is 0.456 e. The molecule has 0 saturated heterocycles. The number of quaternary nitrogens is 1. The lowest BCUT2D eigenvalue weighted by Crippen LogP contribution is -3.16. The smallest absolute Gasteiger partial charge is 0.338 e. The Labute approximate surface area is 110 Å². The molecule has 0 radical (unpaired) electrons. The summed E-state index contributed by atoms with van der Waals surface area (Å²) in [6.07, 6.45) is 0. The molecule has 0 fully saturated rings. The van der Waals surface area contributed by atoms with Gasteiger partial charge in [0, 0.05) is 0 Å². The summed E-state index contributed by atoms with van der Waals surface area (Å²) in [7, 11) is 2.11. The second kappa shape index (κ2) is 6.01. The van der Waals surface area contributed by atoms with E-state index in [-0.39, 0.29) is 11.5 Å². The van der Waals surface area contributed by atoms with Crippen LogP contribution in [0.15, 0.2) is 24.3 Å². The van der Waals surface area contributed by atoms with Gasteiger partial charge in [-0.05, 0) is 39.3 Å². The number of aryl methyl sites for hydroxylation is 1. The van der Waals surface area contributed by atoms with Crippen molar-refractivity contribution in [3.63, 3.8) is 0 Å². The lowest BCUT2D eigenvalue weighted by atomic mass is 10.1. The Morgan fingerprint density at radius 2 is 1.89 bits per heavy atom. The van der Waals surface area contributed by atoms with Crippen molar-refractivity contribution in [2.45, 2.75) is 33.2 Å². The van der Waals surface area contributed by atoms with Crippen LogP contribution in [0.25, 0.3) is 0 Å². The topological polar surface area (TPSA) is 30.7 Å². The first kappa shape index (κ1) is 14.7. The second-order valence-electron chi connectivity index (χ2n) is 5.73. The van der Waals surface area contributed by atoms with Crippen molar-refractivity contribution in [1.29, 1.82) is 0 Å². The lowest BCUT2D eigenvalue weighted by Gasteiger charge is -2.28. The Balaban J connectivity index is 2.46. The molecule has 100 valence electrons. The van der Waals surface area contributed by atoms with E-state index in [4.69, 9.17) is 4.74 Å². The van der Waals surface area contributed by atoms with Gasteiger partial charge in [0.25, 0.3) is 0 Å². The Morgan fingerprint density at radius 1 is 1.28 bits per heavy atom. The highest BCUT2D eigenvalue weighted by molar-refractivity contribution is 5.90. The summed E-state index contributed by atoms with van der Waals surface area (Å²) in [5.41, 5.74) is 1.79. The van der Waals surface area contributed by atoms with E-state index in [0.717, 1.165) is 12.1 Å². The average molecular weight is 250 g/mol. The Hall–Kier alpha value is -1.35. The SMILES string of the molecule is Cc1ccccc1C(=O)OCC[NH+](C)C(C)(C)C. The molecule has 1 rings (SSSR count). The van der Waals surface area contributed by atoms with E-state index in [1.807, 2.05) is 25.1 Å².